The number of benzene rings is 1. The van der Waals surface area contributed by atoms with Crippen LogP contribution in [0.3, 0.4) is 0 Å². The summed E-state index contributed by atoms with van der Waals surface area (Å²) in [5, 5.41) is 9.94. The standard InChI is InChI=1S/C20H29BrO5/c1-16(23)25-13-11-24-12-14-26-18-7-5-17(6-8-18)19(15-22)20(21)9-3-2-4-10-20/h5-8,19,22H,2-4,9-15H2,1H3. The molecule has 1 aromatic rings. The van der Waals surface area contributed by atoms with Gasteiger partial charge in [-0.2, -0.15) is 0 Å². The molecule has 0 saturated heterocycles. The predicted octanol–water partition coefficient (Wildman–Crippen LogP) is 3.82. The summed E-state index contributed by atoms with van der Waals surface area (Å²) in [7, 11) is 0. The van der Waals surface area contributed by atoms with Crippen molar-refractivity contribution in [1.82, 2.24) is 0 Å². The van der Waals surface area contributed by atoms with E-state index >= 15 is 0 Å². The maximum Gasteiger partial charge on any atom is 0.302 e. The number of hydrogen-bond acceptors (Lipinski definition) is 5. The topological polar surface area (TPSA) is 65.0 Å². The lowest BCUT2D eigenvalue weighted by Crippen LogP contribution is -2.34. The molecule has 0 aliphatic heterocycles. The van der Waals surface area contributed by atoms with Crippen LogP contribution >= 0.6 is 15.9 Å². The average Bonchev–Trinajstić information content (AvgIpc) is 2.63. The molecule has 1 atom stereocenters. The second-order valence-electron chi connectivity index (χ2n) is 6.70. The first-order valence-electron chi connectivity index (χ1n) is 9.29. The molecule has 5 nitrogen and oxygen atoms in total. The molecular formula is C20H29BrO5. The molecule has 6 heteroatoms. The maximum atomic E-state index is 10.6. The lowest BCUT2D eigenvalue weighted by atomic mass is 9.77. The highest BCUT2D eigenvalue weighted by Gasteiger charge is 2.37. The van der Waals surface area contributed by atoms with Crippen LogP contribution in [-0.2, 0) is 14.3 Å². The summed E-state index contributed by atoms with van der Waals surface area (Å²) in [4.78, 5) is 10.6. The van der Waals surface area contributed by atoms with Gasteiger partial charge in [0.1, 0.15) is 19.0 Å². The summed E-state index contributed by atoms with van der Waals surface area (Å²) in [5.41, 5.74) is 1.14. The first-order valence-corrected chi connectivity index (χ1v) is 10.1. The number of aliphatic hydroxyl groups excluding tert-OH is 1. The smallest absolute Gasteiger partial charge is 0.302 e. The molecule has 0 amide bonds. The van der Waals surface area contributed by atoms with Crippen molar-refractivity contribution < 1.29 is 24.1 Å². The van der Waals surface area contributed by atoms with Gasteiger partial charge >= 0.3 is 5.97 Å². The molecule has 1 saturated carbocycles. The van der Waals surface area contributed by atoms with E-state index in [4.69, 9.17) is 14.2 Å². The Morgan fingerprint density at radius 3 is 2.38 bits per heavy atom. The van der Waals surface area contributed by atoms with E-state index in [0.29, 0.717) is 19.8 Å². The van der Waals surface area contributed by atoms with Crippen molar-refractivity contribution in [3.8, 4) is 5.75 Å². The predicted molar refractivity (Wildman–Crippen MR) is 104 cm³/mol. The normalized spacial score (nSPS) is 17.5. The monoisotopic (exact) mass is 428 g/mol. The zero-order valence-corrected chi connectivity index (χ0v) is 17.0. The number of carbonyl (C=O) groups is 1. The van der Waals surface area contributed by atoms with Crippen LogP contribution < -0.4 is 4.74 Å². The van der Waals surface area contributed by atoms with Crippen molar-refractivity contribution in [3.05, 3.63) is 29.8 Å². The van der Waals surface area contributed by atoms with Crippen molar-refractivity contribution in [3.63, 3.8) is 0 Å². The number of aliphatic hydroxyl groups is 1. The van der Waals surface area contributed by atoms with Gasteiger partial charge in [0, 0.05) is 17.2 Å². The summed E-state index contributed by atoms with van der Waals surface area (Å²) >= 11 is 3.92. The molecule has 1 unspecified atom stereocenters. The number of alkyl halides is 1. The zero-order chi connectivity index (χ0) is 18.8. The third-order valence-electron chi connectivity index (χ3n) is 4.80. The van der Waals surface area contributed by atoms with Crippen LogP contribution in [0.15, 0.2) is 24.3 Å². The van der Waals surface area contributed by atoms with Gasteiger partial charge in [-0.05, 0) is 30.5 Å². The molecule has 1 aromatic carbocycles. The highest BCUT2D eigenvalue weighted by Crippen LogP contribution is 2.46. The Morgan fingerprint density at radius 1 is 1.12 bits per heavy atom. The largest absolute Gasteiger partial charge is 0.491 e. The molecular weight excluding hydrogens is 400 g/mol. The molecule has 146 valence electrons. The highest BCUT2D eigenvalue weighted by molar-refractivity contribution is 9.10. The fourth-order valence-electron chi connectivity index (χ4n) is 3.42. The SMILES string of the molecule is CC(=O)OCCOCCOc1ccc(C(CO)C2(Br)CCCCC2)cc1. The minimum Gasteiger partial charge on any atom is -0.491 e. The molecule has 26 heavy (non-hydrogen) atoms. The average molecular weight is 429 g/mol. The van der Waals surface area contributed by atoms with Crippen molar-refractivity contribution in [2.24, 2.45) is 0 Å². The van der Waals surface area contributed by atoms with E-state index in [1.165, 1.54) is 26.2 Å². The van der Waals surface area contributed by atoms with Crippen LogP contribution in [0, 0.1) is 0 Å². The van der Waals surface area contributed by atoms with Crippen LogP contribution in [0.1, 0.15) is 50.5 Å². The lowest BCUT2D eigenvalue weighted by molar-refractivity contribution is -0.142. The Kier molecular flexibility index (Phi) is 8.88. The summed E-state index contributed by atoms with van der Waals surface area (Å²) in [6, 6.07) is 7.96. The number of hydrogen-bond donors (Lipinski definition) is 1. The molecule has 1 N–H and O–H groups in total. The molecule has 1 aliphatic carbocycles. The Balaban J connectivity index is 1.77. The number of carbonyl (C=O) groups excluding carboxylic acids is 1. The van der Waals surface area contributed by atoms with Gasteiger partial charge in [-0.3, -0.25) is 4.79 Å². The Hall–Kier alpha value is -1.11. The second-order valence-corrected chi connectivity index (χ2v) is 8.28. The molecule has 1 aliphatic rings. The molecule has 2 rings (SSSR count). The van der Waals surface area contributed by atoms with Gasteiger partial charge in [0.2, 0.25) is 0 Å². The van der Waals surface area contributed by atoms with Gasteiger partial charge in [0.25, 0.3) is 0 Å². The lowest BCUT2D eigenvalue weighted by Gasteiger charge is -2.38. The molecule has 0 spiro atoms. The van der Waals surface area contributed by atoms with Gasteiger partial charge < -0.3 is 19.3 Å². The maximum absolute atomic E-state index is 10.6. The number of halogens is 1. The molecule has 0 radical (unpaired) electrons. The van der Waals surface area contributed by atoms with Crippen molar-refractivity contribution >= 4 is 21.9 Å². The first kappa shape index (κ1) is 21.2. The quantitative estimate of drug-likeness (QED) is 0.348. The van der Waals surface area contributed by atoms with Crippen LogP contribution in [0.4, 0.5) is 0 Å². The molecule has 0 bridgehead atoms. The van der Waals surface area contributed by atoms with E-state index in [2.05, 4.69) is 15.9 Å². The van der Waals surface area contributed by atoms with Crippen molar-refractivity contribution in [2.75, 3.05) is 33.0 Å². The van der Waals surface area contributed by atoms with Gasteiger partial charge in [-0.25, -0.2) is 0 Å². The van der Waals surface area contributed by atoms with E-state index in [1.54, 1.807) is 0 Å². The minimum absolute atomic E-state index is 0.00183. The van der Waals surface area contributed by atoms with E-state index in [-0.39, 0.29) is 29.4 Å². The van der Waals surface area contributed by atoms with E-state index in [9.17, 15) is 9.90 Å². The Bertz CT molecular complexity index is 540. The zero-order valence-electron chi connectivity index (χ0n) is 15.4. The van der Waals surface area contributed by atoms with E-state index in [0.717, 1.165) is 24.2 Å². The third kappa shape index (κ3) is 6.56. The van der Waals surface area contributed by atoms with Crippen molar-refractivity contribution in [1.29, 1.82) is 0 Å². The van der Waals surface area contributed by atoms with Crippen LogP contribution in [0.5, 0.6) is 5.75 Å². The molecule has 0 aromatic heterocycles. The number of ether oxygens (including phenoxy) is 3. The summed E-state index contributed by atoms with van der Waals surface area (Å²) < 4.78 is 15.8. The van der Waals surface area contributed by atoms with Crippen LogP contribution in [-0.4, -0.2) is 48.4 Å². The fourth-order valence-corrected chi connectivity index (χ4v) is 4.39. The Morgan fingerprint density at radius 2 is 1.77 bits per heavy atom. The van der Waals surface area contributed by atoms with Gasteiger partial charge in [-0.1, -0.05) is 47.3 Å². The van der Waals surface area contributed by atoms with E-state index in [1.807, 2.05) is 24.3 Å². The van der Waals surface area contributed by atoms with Gasteiger partial charge in [0.05, 0.1) is 19.8 Å². The van der Waals surface area contributed by atoms with Gasteiger partial charge in [-0.15, -0.1) is 0 Å². The second kappa shape index (κ2) is 10.9. The molecule has 0 heterocycles. The Labute approximate surface area is 164 Å². The van der Waals surface area contributed by atoms with E-state index < -0.39 is 0 Å². The number of rotatable bonds is 10. The first-order chi connectivity index (χ1) is 12.5. The van der Waals surface area contributed by atoms with Crippen LogP contribution in [0.25, 0.3) is 0 Å². The summed E-state index contributed by atoms with van der Waals surface area (Å²) in [5.74, 6) is 0.576. The third-order valence-corrected chi connectivity index (χ3v) is 6.15. The minimum atomic E-state index is -0.301. The summed E-state index contributed by atoms with van der Waals surface area (Å²) in [6.45, 7) is 3.02. The van der Waals surface area contributed by atoms with Crippen LogP contribution in [0.2, 0.25) is 0 Å². The highest BCUT2D eigenvalue weighted by atomic mass is 79.9. The summed E-state index contributed by atoms with van der Waals surface area (Å²) in [6.07, 6.45) is 5.89. The fraction of sp³-hybridized carbons (Fsp3) is 0.650. The molecule has 1 fully saturated rings. The number of esters is 1. The van der Waals surface area contributed by atoms with Crippen molar-refractivity contribution in [2.45, 2.75) is 49.3 Å². The van der Waals surface area contributed by atoms with Gasteiger partial charge in [0.15, 0.2) is 0 Å².